The van der Waals surface area contributed by atoms with E-state index in [0.29, 0.717) is 50.0 Å². The Morgan fingerprint density at radius 3 is 2.66 bits per heavy atom. The first-order chi connectivity index (χ1) is 18.3. The van der Waals surface area contributed by atoms with Crippen molar-refractivity contribution in [2.45, 2.75) is 19.9 Å². The summed E-state index contributed by atoms with van der Waals surface area (Å²) in [5, 5.41) is 0. The van der Waals surface area contributed by atoms with Gasteiger partial charge in [0.1, 0.15) is 29.9 Å². The molecule has 0 bridgehead atoms. The molecule has 0 radical (unpaired) electrons. The maximum absolute atomic E-state index is 13.9. The highest BCUT2D eigenvalue weighted by atomic mass is 79.9. The van der Waals surface area contributed by atoms with E-state index in [1.54, 1.807) is 51.3 Å². The fourth-order valence-corrected chi connectivity index (χ4v) is 5.60. The third-order valence-corrected chi connectivity index (χ3v) is 7.34. The SMILES string of the molecule is C=CCOc1ccc(Br)cc1/C=c1\sc2n(c1=O)[C@H](c1ccc(OC)cc1OC)C(C(=O)OCC)=C(C)N=2. The molecule has 2 heterocycles. The number of benzene rings is 2. The number of esters is 1. The molecule has 1 aliphatic rings. The minimum atomic E-state index is -0.813. The zero-order chi connectivity index (χ0) is 27.4. The van der Waals surface area contributed by atoms with Gasteiger partial charge in [-0.1, -0.05) is 39.9 Å². The Kier molecular flexibility index (Phi) is 8.53. The molecule has 3 aromatic rings. The van der Waals surface area contributed by atoms with Crippen molar-refractivity contribution in [3.63, 3.8) is 0 Å². The average molecular weight is 600 g/mol. The fourth-order valence-electron chi connectivity index (χ4n) is 4.18. The quantitative estimate of drug-likeness (QED) is 0.272. The number of nitrogens with zero attached hydrogens (tertiary/aromatic N) is 2. The number of carbonyl (C=O) groups excluding carboxylic acids is 1. The first kappa shape index (κ1) is 27.4. The van der Waals surface area contributed by atoms with Crippen molar-refractivity contribution in [3.05, 3.63) is 95.6 Å². The van der Waals surface area contributed by atoms with Gasteiger partial charge in [-0.2, -0.15) is 0 Å². The molecule has 38 heavy (non-hydrogen) atoms. The molecule has 4 rings (SSSR count). The highest BCUT2D eigenvalue weighted by Crippen LogP contribution is 2.37. The number of methoxy groups -OCH3 is 2. The van der Waals surface area contributed by atoms with Crippen molar-refractivity contribution in [1.82, 2.24) is 4.57 Å². The number of ether oxygens (including phenoxy) is 4. The Bertz CT molecular complexity index is 1600. The smallest absolute Gasteiger partial charge is 0.338 e. The van der Waals surface area contributed by atoms with Gasteiger partial charge in [-0.15, -0.1) is 0 Å². The van der Waals surface area contributed by atoms with E-state index >= 15 is 0 Å². The van der Waals surface area contributed by atoms with Crippen molar-refractivity contribution in [1.29, 1.82) is 0 Å². The second kappa shape index (κ2) is 11.8. The standard InChI is InChI=1S/C28H27BrN2O6S/c1-6-12-37-21-11-8-18(29)13-17(21)14-23-26(32)31-25(20-10-9-19(34-4)15-22(20)35-5)24(27(33)36-7-2)16(3)30-28(31)38-23/h6,8-11,13-15,25H,1,7,12H2,2-5H3/b23-14-/t25-/m1/s1. The Balaban J connectivity index is 1.98. The number of allylic oxidation sites excluding steroid dienone is 1. The second-order valence-corrected chi connectivity index (χ2v) is 10.1. The molecule has 0 saturated heterocycles. The van der Waals surface area contributed by atoms with Crippen LogP contribution in [0.15, 0.2) is 74.6 Å². The summed E-state index contributed by atoms with van der Waals surface area (Å²) in [5.41, 5.74) is 1.76. The third-order valence-electron chi connectivity index (χ3n) is 5.87. The summed E-state index contributed by atoms with van der Waals surface area (Å²) in [6.45, 7) is 7.68. The zero-order valence-electron chi connectivity index (χ0n) is 21.4. The van der Waals surface area contributed by atoms with Crippen LogP contribution in [-0.4, -0.2) is 38.0 Å². The summed E-state index contributed by atoms with van der Waals surface area (Å²) in [4.78, 5) is 32.2. The van der Waals surface area contributed by atoms with Crippen molar-refractivity contribution in [2.24, 2.45) is 4.99 Å². The molecule has 0 aliphatic carbocycles. The first-order valence-electron chi connectivity index (χ1n) is 11.8. The van der Waals surface area contributed by atoms with Crippen LogP contribution in [0.1, 0.15) is 31.0 Å². The van der Waals surface area contributed by atoms with Gasteiger partial charge in [0.15, 0.2) is 4.80 Å². The molecule has 1 aliphatic heterocycles. The number of hydrogen-bond acceptors (Lipinski definition) is 8. The lowest BCUT2D eigenvalue weighted by molar-refractivity contribution is -0.139. The topological polar surface area (TPSA) is 88.3 Å². The predicted molar refractivity (Wildman–Crippen MR) is 150 cm³/mol. The third kappa shape index (κ3) is 5.32. The van der Waals surface area contributed by atoms with Gasteiger partial charge in [0.05, 0.1) is 36.6 Å². The number of halogens is 1. The van der Waals surface area contributed by atoms with Gasteiger partial charge in [0.2, 0.25) is 0 Å². The van der Waals surface area contributed by atoms with Crippen molar-refractivity contribution >= 4 is 39.3 Å². The van der Waals surface area contributed by atoms with Gasteiger partial charge >= 0.3 is 5.97 Å². The summed E-state index contributed by atoms with van der Waals surface area (Å²) < 4.78 is 25.0. The van der Waals surface area contributed by atoms with Gasteiger partial charge < -0.3 is 18.9 Å². The van der Waals surface area contributed by atoms with Crippen LogP contribution in [0, 0.1) is 0 Å². The number of thiazole rings is 1. The summed E-state index contributed by atoms with van der Waals surface area (Å²) in [6, 6.07) is 10.0. The van der Waals surface area contributed by atoms with Crippen molar-refractivity contribution in [2.75, 3.05) is 27.4 Å². The summed E-state index contributed by atoms with van der Waals surface area (Å²) in [7, 11) is 3.08. The Morgan fingerprint density at radius 2 is 1.97 bits per heavy atom. The van der Waals surface area contributed by atoms with Crippen molar-refractivity contribution in [3.8, 4) is 17.2 Å². The van der Waals surface area contributed by atoms with Gasteiger partial charge in [-0.25, -0.2) is 9.79 Å². The normalized spacial score (nSPS) is 15.0. The van der Waals surface area contributed by atoms with Crippen LogP contribution in [0.5, 0.6) is 17.2 Å². The molecule has 0 N–H and O–H groups in total. The van der Waals surface area contributed by atoms with Crippen LogP contribution < -0.4 is 29.1 Å². The number of aromatic nitrogens is 1. The molecule has 10 heteroatoms. The van der Waals surface area contributed by atoms with E-state index in [0.717, 1.165) is 4.47 Å². The fraction of sp³-hybridized carbons (Fsp3) is 0.250. The molecule has 1 atom stereocenters. The molecule has 8 nitrogen and oxygen atoms in total. The molecular weight excluding hydrogens is 572 g/mol. The average Bonchev–Trinajstić information content (AvgIpc) is 3.21. The number of carbonyl (C=O) groups is 1. The van der Waals surface area contributed by atoms with Gasteiger partial charge in [0, 0.05) is 21.7 Å². The largest absolute Gasteiger partial charge is 0.497 e. The van der Waals surface area contributed by atoms with Crippen LogP contribution in [0.3, 0.4) is 0 Å². The van der Waals surface area contributed by atoms with Crippen molar-refractivity contribution < 1.29 is 23.7 Å². The highest BCUT2D eigenvalue weighted by Gasteiger charge is 2.35. The molecule has 198 valence electrons. The lowest BCUT2D eigenvalue weighted by Gasteiger charge is -2.26. The lowest BCUT2D eigenvalue weighted by Crippen LogP contribution is -2.40. The highest BCUT2D eigenvalue weighted by molar-refractivity contribution is 9.10. The maximum Gasteiger partial charge on any atom is 0.338 e. The Hall–Kier alpha value is -3.63. The van der Waals surface area contributed by atoms with Gasteiger partial charge in [-0.3, -0.25) is 9.36 Å². The van der Waals surface area contributed by atoms with Crippen LogP contribution in [-0.2, 0) is 9.53 Å². The molecule has 0 amide bonds. The molecular formula is C28H27BrN2O6S. The minimum absolute atomic E-state index is 0.183. The van der Waals surface area contributed by atoms with E-state index in [1.165, 1.54) is 23.0 Å². The zero-order valence-corrected chi connectivity index (χ0v) is 23.9. The second-order valence-electron chi connectivity index (χ2n) is 8.19. The summed E-state index contributed by atoms with van der Waals surface area (Å²) in [6.07, 6.45) is 3.42. The van der Waals surface area contributed by atoms with Gasteiger partial charge in [-0.05, 0) is 50.3 Å². The van der Waals surface area contributed by atoms with E-state index in [9.17, 15) is 9.59 Å². The summed E-state index contributed by atoms with van der Waals surface area (Å²) >= 11 is 4.72. The number of fused-ring (bicyclic) bond motifs is 1. The van der Waals surface area contributed by atoms with E-state index in [4.69, 9.17) is 18.9 Å². The predicted octanol–water partition coefficient (Wildman–Crippen LogP) is 4.14. The molecule has 0 spiro atoms. The van der Waals surface area contributed by atoms with Crippen LogP contribution in [0.2, 0.25) is 0 Å². The molecule has 0 unspecified atom stereocenters. The van der Waals surface area contributed by atoms with Crippen LogP contribution in [0.4, 0.5) is 0 Å². The van der Waals surface area contributed by atoms with Crippen LogP contribution in [0.25, 0.3) is 6.08 Å². The molecule has 0 fully saturated rings. The van der Waals surface area contributed by atoms with E-state index in [-0.39, 0.29) is 17.7 Å². The van der Waals surface area contributed by atoms with Crippen LogP contribution >= 0.6 is 27.3 Å². The molecule has 0 saturated carbocycles. The number of hydrogen-bond donors (Lipinski definition) is 0. The van der Waals surface area contributed by atoms with Gasteiger partial charge in [0.25, 0.3) is 5.56 Å². The first-order valence-corrected chi connectivity index (χ1v) is 13.4. The maximum atomic E-state index is 13.9. The Labute approximate surface area is 232 Å². The lowest BCUT2D eigenvalue weighted by atomic mass is 9.95. The number of rotatable bonds is 9. The summed E-state index contributed by atoms with van der Waals surface area (Å²) in [5.74, 6) is 1.11. The van der Waals surface area contributed by atoms with E-state index in [1.807, 2.05) is 18.2 Å². The molecule has 1 aromatic heterocycles. The Morgan fingerprint density at radius 1 is 1.18 bits per heavy atom. The van der Waals surface area contributed by atoms with E-state index < -0.39 is 12.0 Å². The minimum Gasteiger partial charge on any atom is -0.497 e. The monoisotopic (exact) mass is 598 g/mol. The molecule has 2 aromatic carbocycles. The van der Waals surface area contributed by atoms with E-state index in [2.05, 4.69) is 27.5 Å².